The topological polar surface area (TPSA) is 87.0 Å². The Labute approximate surface area is 235 Å². The molecule has 1 amide bonds. The third-order valence-electron chi connectivity index (χ3n) is 12.8. The molecule has 0 aromatic rings. The second-order valence-corrected chi connectivity index (χ2v) is 15.2. The Hall–Kier alpha value is -2.22. The van der Waals surface area contributed by atoms with Gasteiger partial charge in [-0.05, 0) is 85.5 Å². The van der Waals surface area contributed by atoms with Crippen molar-refractivity contribution in [1.82, 2.24) is 5.32 Å². The van der Waals surface area contributed by atoms with Crippen LogP contribution in [-0.4, -0.2) is 24.0 Å². The van der Waals surface area contributed by atoms with E-state index in [1.165, 1.54) is 0 Å². The molecule has 8 atom stereocenters. The second-order valence-electron chi connectivity index (χ2n) is 15.2. The molecule has 0 radical (unpaired) electrons. The Bertz CT molecular complexity index is 1210. The maximum absolute atomic E-state index is 14.5. The fourth-order valence-corrected chi connectivity index (χ4v) is 10.2. The number of nitriles is 1. The van der Waals surface area contributed by atoms with Gasteiger partial charge in [-0.1, -0.05) is 66.5 Å². The highest BCUT2D eigenvalue weighted by molar-refractivity contribution is 6.02. The van der Waals surface area contributed by atoms with Crippen LogP contribution in [0.4, 0.5) is 0 Å². The Morgan fingerprint density at radius 3 is 2.41 bits per heavy atom. The highest BCUT2D eigenvalue weighted by atomic mass is 16.2. The van der Waals surface area contributed by atoms with Gasteiger partial charge in [0.15, 0.2) is 11.6 Å². The number of rotatable bonds is 4. The molecule has 0 saturated heterocycles. The van der Waals surface area contributed by atoms with Gasteiger partial charge in [-0.15, -0.1) is 0 Å². The number of amides is 1. The molecule has 0 bridgehead atoms. The van der Waals surface area contributed by atoms with Crippen molar-refractivity contribution >= 4 is 17.5 Å². The minimum absolute atomic E-state index is 0.0198. The van der Waals surface area contributed by atoms with E-state index in [4.69, 9.17) is 0 Å². The van der Waals surface area contributed by atoms with Gasteiger partial charge >= 0.3 is 0 Å². The first kappa shape index (κ1) is 28.3. The Morgan fingerprint density at radius 1 is 1.05 bits per heavy atom. The largest absolute Gasteiger partial charge is 0.356 e. The third kappa shape index (κ3) is 3.79. The van der Waals surface area contributed by atoms with E-state index in [1.807, 2.05) is 19.1 Å². The standard InChI is InChI=1S/C34H48N2O3/c1-8-9-16-36-29(39)34-14-12-30(3,4)19-24(34)27-25(37)17-26-31(5)18-22(20-35)28(38)21(2)23(31)10-11-32(26,6)33(27,7)13-15-34/h17-18,21,23-24,27H,8-16,19H2,1-7H3,(H,36,39)/t21-,23-,24?,27?,31-,32+,33+,34-/m0/s1. The summed E-state index contributed by atoms with van der Waals surface area (Å²) in [6, 6.07) is 2.17. The van der Waals surface area contributed by atoms with Gasteiger partial charge in [-0.2, -0.15) is 5.26 Å². The number of hydrogen-bond donors (Lipinski definition) is 1. The van der Waals surface area contributed by atoms with E-state index in [9.17, 15) is 19.6 Å². The maximum atomic E-state index is 14.5. The van der Waals surface area contributed by atoms with Gasteiger partial charge in [0.1, 0.15) is 6.07 Å². The summed E-state index contributed by atoms with van der Waals surface area (Å²) in [6.45, 7) is 16.3. The Morgan fingerprint density at radius 2 is 1.74 bits per heavy atom. The minimum atomic E-state index is -0.493. The predicted octanol–water partition coefficient (Wildman–Crippen LogP) is 6.73. The van der Waals surface area contributed by atoms with Crippen molar-refractivity contribution in [2.75, 3.05) is 6.54 Å². The Kier molecular flexibility index (Phi) is 6.64. The second kappa shape index (κ2) is 9.15. The maximum Gasteiger partial charge on any atom is 0.226 e. The van der Waals surface area contributed by atoms with Gasteiger partial charge in [0.05, 0.1) is 11.0 Å². The predicted molar refractivity (Wildman–Crippen MR) is 152 cm³/mol. The number of nitrogens with one attached hydrogen (secondary N) is 1. The lowest BCUT2D eigenvalue weighted by molar-refractivity contribution is -0.177. The molecule has 2 unspecified atom stereocenters. The molecular formula is C34H48N2O3. The molecule has 39 heavy (non-hydrogen) atoms. The van der Waals surface area contributed by atoms with Crippen LogP contribution in [-0.2, 0) is 14.4 Å². The number of allylic oxidation sites excluding steroid dienone is 4. The lowest BCUT2D eigenvalue weighted by Crippen LogP contribution is -2.66. The van der Waals surface area contributed by atoms with Gasteiger partial charge in [0, 0.05) is 23.8 Å². The van der Waals surface area contributed by atoms with Crippen molar-refractivity contribution < 1.29 is 14.4 Å². The summed E-state index contributed by atoms with van der Waals surface area (Å²) in [5.41, 5.74) is -0.0321. The zero-order valence-corrected chi connectivity index (χ0v) is 25.2. The van der Waals surface area contributed by atoms with Crippen molar-refractivity contribution in [3.05, 3.63) is 23.3 Å². The van der Waals surface area contributed by atoms with Crippen LogP contribution in [0.15, 0.2) is 23.3 Å². The van der Waals surface area contributed by atoms with Gasteiger partial charge < -0.3 is 5.32 Å². The first-order valence-corrected chi connectivity index (χ1v) is 15.4. The normalized spacial score (nSPS) is 44.5. The van der Waals surface area contributed by atoms with Crippen LogP contribution in [0.25, 0.3) is 0 Å². The quantitative estimate of drug-likeness (QED) is 0.407. The van der Waals surface area contributed by atoms with Crippen molar-refractivity contribution in [3.8, 4) is 6.07 Å². The van der Waals surface area contributed by atoms with E-state index in [1.54, 1.807) is 0 Å². The number of unbranched alkanes of at least 4 members (excludes halogenated alkanes) is 1. The van der Waals surface area contributed by atoms with Crippen molar-refractivity contribution in [2.24, 2.45) is 50.7 Å². The van der Waals surface area contributed by atoms with Crippen LogP contribution in [0, 0.1) is 62.1 Å². The van der Waals surface area contributed by atoms with Gasteiger partial charge in [-0.3, -0.25) is 14.4 Å². The molecule has 0 aliphatic heterocycles. The van der Waals surface area contributed by atoms with Crippen LogP contribution >= 0.6 is 0 Å². The number of carbonyl (C=O) groups is 3. The van der Waals surface area contributed by atoms with Gasteiger partial charge in [0.2, 0.25) is 5.91 Å². The molecule has 5 aliphatic rings. The summed E-state index contributed by atoms with van der Waals surface area (Å²) in [5, 5.41) is 13.1. The van der Waals surface area contributed by atoms with Crippen LogP contribution < -0.4 is 5.32 Å². The van der Waals surface area contributed by atoms with E-state index < -0.39 is 10.8 Å². The summed E-state index contributed by atoms with van der Waals surface area (Å²) in [6.07, 6.45) is 12.1. The highest BCUT2D eigenvalue weighted by Crippen LogP contribution is 2.73. The molecule has 0 heterocycles. The van der Waals surface area contributed by atoms with E-state index >= 15 is 0 Å². The van der Waals surface area contributed by atoms with Crippen LogP contribution in [0.5, 0.6) is 0 Å². The summed E-state index contributed by atoms with van der Waals surface area (Å²) < 4.78 is 0. The van der Waals surface area contributed by atoms with E-state index in [-0.39, 0.29) is 63.0 Å². The molecule has 212 valence electrons. The van der Waals surface area contributed by atoms with E-state index in [0.29, 0.717) is 6.54 Å². The average Bonchev–Trinajstić information content (AvgIpc) is 2.87. The first-order valence-electron chi connectivity index (χ1n) is 15.4. The van der Waals surface area contributed by atoms with E-state index in [0.717, 1.165) is 63.4 Å². The molecule has 5 heteroatoms. The third-order valence-corrected chi connectivity index (χ3v) is 12.8. The van der Waals surface area contributed by atoms with Crippen molar-refractivity contribution in [2.45, 2.75) is 106 Å². The molecular weight excluding hydrogens is 484 g/mol. The summed E-state index contributed by atoms with van der Waals surface area (Å²) in [7, 11) is 0. The molecule has 0 aromatic heterocycles. The van der Waals surface area contributed by atoms with Gasteiger partial charge in [0.25, 0.3) is 0 Å². The number of fused-ring (bicyclic) bond motifs is 7. The first-order chi connectivity index (χ1) is 18.2. The number of Topliss-reactive ketones (excluding diaryl/α,β-unsaturated/α-hetero) is 1. The lowest BCUT2D eigenvalue weighted by atomic mass is 9.34. The summed E-state index contributed by atoms with van der Waals surface area (Å²) in [4.78, 5) is 41.4. The summed E-state index contributed by atoms with van der Waals surface area (Å²) in [5.74, 6) is -0.0401. The zero-order valence-electron chi connectivity index (χ0n) is 25.2. The molecule has 5 aliphatic carbocycles. The molecule has 3 saturated carbocycles. The molecule has 5 nitrogen and oxygen atoms in total. The highest BCUT2D eigenvalue weighted by Gasteiger charge is 2.70. The number of ketones is 2. The minimum Gasteiger partial charge on any atom is -0.356 e. The fourth-order valence-electron chi connectivity index (χ4n) is 10.2. The monoisotopic (exact) mass is 532 g/mol. The zero-order chi connectivity index (χ0) is 28.6. The number of hydrogen-bond acceptors (Lipinski definition) is 4. The van der Waals surface area contributed by atoms with Crippen molar-refractivity contribution in [3.63, 3.8) is 0 Å². The molecule has 0 spiro atoms. The lowest BCUT2D eigenvalue weighted by Gasteiger charge is -2.68. The molecule has 5 rings (SSSR count). The number of carbonyl (C=O) groups excluding carboxylic acids is 3. The average molecular weight is 533 g/mol. The molecule has 1 N–H and O–H groups in total. The molecule has 0 aromatic carbocycles. The van der Waals surface area contributed by atoms with Crippen LogP contribution in [0.2, 0.25) is 0 Å². The van der Waals surface area contributed by atoms with Gasteiger partial charge in [-0.25, -0.2) is 0 Å². The van der Waals surface area contributed by atoms with Crippen LogP contribution in [0.3, 0.4) is 0 Å². The molecule has 3 fully saturated rings. The smallest absolute Gasteiger partial charge is 0.226 e. The number of nitrogens with zero attached hydrogens (tertiary/aromatic N) is 1. The van der Waals surface area contributed by atoms with Crippen LogP contribution in [0.1, 0.15) is 106 Å². The van der Waals surface area contributed by atoms with E-state index in [2.05, 4.69) is 52.9 Å². The Balaban J connectivity index is 1.63. The van der Waals surface area contributed by atoms with Crippen molar-refractivity contribution in [1.29, 1.82) is 5.26 Å². The SMILES string of the molecule is CCCCNC(=O)[C@]12CCC(C)(C)CC1C1C(=O)C=C3[C@@]4(C)C=C(C#N)C(=O)[C@@H](C)[C@@H]4CC[C@@]3(C)[C@]1(C)CC2. The summed E-state index contributed by atoms with van der Waals surface area (Å²) >= 11 is 0. The fraction of sp³-hybridized carbons (Fsp3) is 0.765.